The quantitative estimate of drug-likeness (QED) is 0.234. The number of ketones is 1. The Labute approximate surface area is 177 Å². The summed E-state index contributed by atoms with van der Waals surface area (Å²) >= 11 is 7.10. The normalized spacial score (nSPS) is 10.4. The molecule has 0 atom stereocenters. The fourth-order valence-corrected chi connectivity index (χ4v) is 3.23. The molecule has 2 aromatic carbocycles. The van der Waals surface area contributed by atoms with Crippen LogP contribution in [0.5, 0.6) is 0 Å². The number of benzene rings is 2. The van der Waals surface area contributed by atoms with Gasteiger partial charge in [-0.3, -0.25) is 4.79 Å². The summed E-state index contributed by atoms with van der Waals surface area (Å²) in [6, 6.07) is 15.4. The summed E-state index contributed by atoms with van der Waals surface area (Å²) in [6.07, 6.45) is 1.62. The zero-order valence-electron chi connectivity index (χ0n) is 15.6. The van der Waals surface area contributed by atoms with Crippen molar-refractivity contribution >= 4 is 46.6 Å². The molecule has 0 bridgehead atoms. The number of hydrogen-bond acceptors (Lipinski definition) is 7. The number of Topliss-reactive ketones (excluding diaryl/α,β-unsaturated/α-hetero) is 1. The van der Waals surface area contributed by atoms with Gasteiger partial charge >= 0.3 is 5.97 Å². The van der Waals surface area contributed by atoms with E-state index in [2.05, 4.69) is 15.3 Å². The maximum Gasteiger partial charge on any atom is 0.338 e. The second-order valence-electron chi connectivity index (χ2n) is 5.87. The highest BCUT2D eigenvalue weighted by atomic mass is 35.5. The van der Waals surface area contributed by atoms with Gasteiger partial charge in [0.25, 0.3) is 0 Å². The minimum absolute atomic E-state index is 0.0248. The standard InChI is InChI=1S/C21H18ClN3O3S/c1-2-28-20(27)15-5-9-17(10-6-15)24-19-11-12-23-21(25-19)29-13-18(26)14-3-7-16(22)8-4-14/h3-12H,2,13H2,1H3,(H,23,24,25). The summed E-state index contributed by atoms with van der Waals surface area (Å²) in [6.45, 7) is 2.10. The van der Waals surface area contributed by atoms with Gasteiger partial charge in [-0.05, 0) is 61.5 Å². The molecule has 0 saturated carbocycles. The van der Waals surface area contributed by atoms with Crippen LogP contribution in [-0.4, -0.2) is 34.1 Å². The number of esters is 1. The molecule has 0 unspecified atom stereocenters. The van der Waals surface area contributed by atoms with Gasteiger partial charge in [0, 0.05) is 22.5 Å². The second-order valence-corrected chi connectivity index (χ2v) is 7.24. The molecule has 3 aromatic rings. The molecular weight excluding hydrogens is 410 g/mol. The van der Waals surface area contributed by atoms with Gasteiger partial charge in [-0.25, -0.2) is 14.8 Å². The molecule has 1 aromatic heterocycles. The second kappa shape index (κ2) is 10.0. The van der Waals surface area contributed by atoms with Crippen LogP contribution in [0.15, 0.2) is 66.0 Å². The first kappa shape index (κ1) is 20.8. The molecule has 0 aliphatic rings. The average Bonchev–Trinajstić information content (AvgIpc) is 2.73. The number of hydrogen-bond donors (Lipinski definition) is 1. The summed E-state index contributed by atoms with van der Waals surface area (Å²) in [4.78, 5) is 32.6. The fraction of sp³-hybridized carbons (Fsp3) is 0.143. The van der Waals surface area contributed by atoms with Gasteiger partial charge in [0.1, 0.15) is 5.82 Å². The van der Waals surface area contributed by atoms with Crippen molar-refractivity contribution in [1.29, 1.82) is 0 Å². The number of rotatable bonds is 8. The van der Waals surface area contributed by atoms with E-state index in [9.17, 15) is 9.59 Å². The van der Waals surface area contributed by atoms with Crippen molar-refractivity contribution in [2.24, 2.45) is 0 Å². The van der Waals surface area contributed by atoms with Gasteiger partial charge in [0.05, 0.1) is 17.9 Å². The van der Waals surface area contributed by atoms with Gasteiger partial charge < -0.3 is 10.1 Å². The molecule has 148 valence electrons. The summed E-state index contributed by atoms with van der Waals surface area (Å²) in [5, 5.41) is 4.23. The van der Waals surface area contributed by atoms with Crippen molar-refractivity contribution in [1.82, 2.24) is 9.97 Å². The first-order chi connectivity index (χ1) is 14.0. The smallest absolute Gasteiger partial charge is 0.338 e. The molecule has 29 heavy (non-hydrogen) atoms. The third kappa shape index (κ3) is 6.04. The molecule has 3 rings (SSSR count). The molecule has 0 aliphatic heterocycles. The molecule has 0 spiro atoms. The van der Waals surface area contributed by atoms with Gasteiger partial charge in [-0.1, -0.05) is 23.4 Å². The molecule has 0 radical (unpaired) electrons. The predicted molar refractivity (Wildman–Crippen MR) is 114 cm³/mol. The van der Waals surface area contributed by atoms with E-state index in [0.717, 1.165) is 5.69 Å². The number of halogens is 1. The molecule has 0 saturated heterocycles. The van der Waals surface area contributed by atoms with E-state index in [1.807, 2.05) is 0 Å². The lowest BCUT2D eigenvalue weighted by Gasteiger charge is -2.08. The molecular formula is C21H18ClN3O3S. The largest absolute Gasteiger partial charge is 0.462 e. The predicted octanol–water partition coefficient (Wildman–Crippen LogP) is 5.03. The van der Waals surface area contributed by atoms with E-state index in [0.29, 0.717) is 33.7 Å². The Morgan fingerprint density at radius 3 is 2.41 bits per heavy atom. The third-order valence-electron chi connectivity index (χ3n) is 3.80. The van der Waals surface area contributed by atoms with Gasteiger partial charge in [0.15, 0.2) is 10.9 Å². The number of thioether (sulfide) groups is 1. The minimum atomic E-state index is -0.356. The van der Waals surface area contributed by atoms with E-state index in [1.165, 1.54) is 11.8 Å². The van der Waals surface area contributed by atoms with Crippen molar-refractivity contribution in [3.8, 4) is 0 Å². The van der Waals surface area contributed by atoms with Crippen LogP contribution in [0.1, 0.15) is 27.6 Å². The average molecular weight is 428 g/mol. The zero-order valence-corrected chi connectivity index (χ0v) is 17.2. The number of aromatic nitrogens is 2. The van der Waals surface area contributed by atoms with E-state index < -0.39 is 0 Å². The fourth-order valence-electron chi connectivity index (χ4n) is 2.38. The minimum Gasteiger partial charge on any atom is -0.462 e. The van der Waals surface area contributed by atoms with Gasteiger partial charge in [-0.2, -0.15) is 0 Å². The number of carbonyl (C=O) groups excluding carboxylic acids is 2. The number of nitrogens with one attached hydrogen (secondary N) is 1. The lowest BCUT2D eigenvalue weighted by Crippen LogP contribution is -2.05. The Kier molecular flexibility index (Phi) is 7.21. The molecule has 0 amide bonds. The van der Waals surface area contributed by atoms with Crippen LogP contribution < -0.4 is 5.32 Å². The molecule has 1 heterocycles. The lowest BCUT2D eigenvalue weighted by molar-refractivity contribution is 0.0526. The Morgan fingerprint density at radius 1 is 1.03 bits per heavy atom. The highest BCUT2D eigenvalue weighted by Crippen LogP contribution is 2.20. The molecule has 1 N–H and O–H groups in total. The number of nitrogens with zero attached hydrogens (tertiary/aromatic N) is 2. The van der Waals surface area contributed by atoms with E-state index >= 15 is 0 Å². The first-order valence-corrected chi connectivity index (χ1v) is 10.2. The Morgan fingerprint density at radius 2 is 1.72 bits per heavy atom. The Bertz CT molecular complexity index is 995. The van der Waals surface area contributed by atoms with E-state index in [4.69, 9.17) is 16.3 Å². The Balaban J connectivity index is 1.60. The number of anilines is 2. The molecule has 0 aliphatic carbocycles. The summed E-state index contributed by atoms with van der Waals surface area (Å²) in [7, 11) is 0. The van der Waals surface area contributed by atoms with Crippen molar-refractivity contribution in [3.63, 3.8) is 0 Å². The van der Waals surface area contributed by atoms with E-state index in [1.54, 1.807) is 67.7 Å². The van der Waals surface area contributed by atoms with Crippen LogP contribution in [0, 0.1) is 0 Å². The Hall–Kier alpha value is -2.90. The molecule has 6 nitrogen and oxygen atoms in total. The zero-order chi connectivity index (χ0) is 20.6. The molecule has 0 fully saturated rings. The highest BCUT2D eigenvalue weighted by molar-refractivity contribution is 7.99. The van der Waals surface area contributed by atoms with Crippen LogP contribution in [-0.2, 0) is 4.74 Å². The third-order valence-corrected chi connectivity index (χ3v) is 4.91. The van der Waals surface area contributed by atoms with Crippen molar-refractivity contribution in [2.75, 3.05) is 17.7 Å². The molecule has 8 heteroatoms. The number of carbonyl (C=O) groups is 2. The maximum absolute atomic E-state index is 12.3. The van der Waals surface area contributed by atoms with Crippen LogP contribution in [0.2, 0.25) is 5.02 Å². The highest BCUT2D eigenvalue weighted by Gasteiger charge is 2.09. The summed E-state index contributed by atoms with van der Waals surface area (Å²) in [5.74, 6) is 0.429. The summed E-state index contributed by atoms with van der Waals surface area (Å²) < 4.78 is 4.97. The topological polar surface area (TPSA) is 81.2 Å². The first-order valence-electron chi connectivity index (χ1n) is 8.84. The van der Waals surface area contributed by atoms with Crippen LogP contribution in [0.4, 0.5) is 11.5 Å². The van der Waals surface area contributed by atoms with Crippen molar-refractivity contribution in [2.45, 2.75) is 12.1 Å². The van der Waals surface area contributed by atoms with Gasteiger partial charge in [0.2, 0.25) is 0 Å². The van der Waals surface area contributed by atoms with Crippen molar-refractivity contribution < 1.29 is 14.3 Å². The van der Waals surface area contributed by atoms with Crippen LogP contribution in [0.25, 0.3) is 0 Å². The van der Waals surface area contributed by atoms with Gasteiger partial charge in [-0.15, -0.1) is 0 Å². The maximum atomic E-state index is 12.3. The number of ether oxygens (including phenoxy) is 1. The van der Waals surface area contributed by atoms with Crippen LogP contribution >= 0.6 is 23.4 Å². The van der Waals surface area contributed by atoms with Crippen molar-refractivity contribution in [3.05, 3.63) is 76.9 Å². The SMILES string of the molecule is CCOC(=O)c1ccc(Nc2ccnc(SCC(=O)c3ccc(Cl)cc3)n2)cc1. The summed E-state index contributed by atoms with van der Waals surface area (Å²) in [5.41, 5.74) is 1.85. The van der Waals surface area contributed by atoms with Crippen LogP contribution in [0.3, 0.4) is 0 Å². The van der Waals surface area contributed by atoms with E-state index in [-0.39, 0.29) is 17.5 Å². The lowest BCUT2D eigenvalue weighted by atomic mass is 10.1. The monoisotopic (exact) mass is 427 g/mol.